The minimum atomic E-state index is 0.751. The monoisotopic (exact) mass is 185 g/mol. The standard InChI is InChI=1S/C11H11N3/c1-3-12-11-10-7-5-4-6-9(10)8(2)13-14-11/h3-7H,1H2,2H3,(H,12,14). The van der Waals surface area contributed by atoms with E-state index in [0.717, 1.165) is 22.3 Å². The Morgan fingerprint density at radius 2 is 1.93 bits per heavy atom. The van der Waals surface area contributed by atoms with Crippen molar-refractivity contribution in [3.63, 3.8) is 0 Å². The van der Waals surface area contributed by atoms with Gasteiger partial charge in [0.2, 0.25) is 0 Å². The number of benzene rings is 1. The lowest BCUT2D eigenvalue weighted by molar-refractivity contribution is 1.01. The van der Waals surface area contributed by atoms with E-state index in [0.29, 0.717) is 0 Å². The van der Waals surface area contributed by atoms with E-state index in [2.05, 4.69) is 22.1 Å². The van der Waals surface area contributed by atoms with Gasteiger partial charge in [-0.25, -0.2) is 0 Å². The van der Waals surface area contributed by atoms with Crippen molar-refractivity contribution in [3.8, 4) is 0 Å². The smallest absolute Gasteiger partial charge is 0.160 e. The van der Waals surface area contributed by atoms with Crippen LogP contribution < -0.4 is 5.32 Å². The number of nitrogens with one attached hydrogen (secondary N) is 1. The summed E-state index contributed by atoms with van der Waals surface area (Å²) in [6.07, 6.45) is 1.60. The lowest BCUT2D eigenvalue weighted by Crippen LogP contribution is -1.96. The van der Waals surface area contributed by atoms with Gasteiger partial charge in [-0.2, -0.15) is 5.10 Å². The number of fused-ring (bicyclic) bond motifs is 1. The van der Waals surface area contributed by atoms with Crippen molar-refractivity contribution in [2.45, 2.75) is 6.92 Å². The maximum Gasteiger partial charge on any atom is 0.160 e. The van der Waals surface area contributed by atoms with Gasteiger partial charge in [0.05, 0.1) is 5.69 Å². The van der Waals surface area contributed by atoms with E-state index in [9.17, 15) is 0 Å². The van der Waals surface area contributed by atoms with Crippen LogP contribution in [0.5, 0.6) is 0 Å². The summed E-state index contributed by atoms with van der Waals surface area (Å²) in [5.41, 5.74) is 0.940. The third kappa shape index (κ3) is 1.33. The Balaban J connectivity index is 2.74. The molecule has 70 valence electrons. The van der Waals surface area contributed by atoms with Gasteiger partial charge in [0.1, 0.15) is 0 Å². The largest absolute Gasteiger partial charge is 0.345 e. The lowest BCUT2D eigenvalue weighted by Gasteiger charge is -2.05. The first-order valence-electron chi connectivity index (χ1n) is 4.42. The number of anilines is 1. The molecule has 0 saturated heterocycles. The van der Waals surface area contributed by atoms with Gasteiger partial charge < -0.3 is 5.32 Å². The van der Waals surface area contributed by atoms with Gasteiger partial charge in [-0.3, -0.25) is 0 Å². The van der Waals surface area contributed by atoms with E-state index in [1.54, 1.807) is 6.20 Å². The SMILES string of the molecule is C=CNc1nnc(C)c2ccccc12. The van der Waals surface area contributed by atoms with E-state index < -0.39 is 0 Å². The molecular formula is C11H11N3. The van der Waals surface area contributed by atoms with Crippen LogP contribution in [0.15, 0.2) is 37.0 Å². The highest BCUT2D eigenvalue weighted by Gasteiger charge is 2.03. The topological polar surface area (TPSA) is 37.8 Å². The molecule has 0 atom stereocenters. The second-order valence-electron chi connectivity index (χ2n) is 3.03. The van der Waals surface area contributed by atoms with E-state index in [1.165, 1.54) is 0 Å². The third-order valence-electron chi connectivity index (χ3n) is 2.11. The summed E-state index contributed by atoms with van der Waals surface area (Å²) in [6, 6.07) is 8.03. The number of hydrogen-bond acceptors (Lipinski definition) is 3. The summed E-state index contributed by atoms with van der Waals surface area (Å²) < 4.78 is 0. The molecule has 0 fully saturated rings. The quantitative estimate of drug-likeness (QED) is 0.781. The minimum Gasteiger partial charge on any atom is -0.345 e. The zero-order chi connectivity index (χ0) is 9.97. The maximum absolute atomic E-state index is 4.07. The maximum atomic E-state index is 4.07. The van der Waals surface area contributed by atoms with E-state index in [1.807, 2.05) is 31.2 Å². The summed E-state index contributed by atoms with van der Waals surface area (Å²) in [6.45, 7) is 5.56. The summed E-state index contributed by atoms with van der Waals surface area (Å²) in [4.78, 5) is 0. The lowest BCUT2D eigenvalue weighted by atomic mass is 10.1. The average Bonchev–Trinajstić information content (AvgIpc) is 2.23. The third-order valence-corrected chi connectivity index (χ3v) is 2.11. The molecule has 0 aliphatic heterocycles. The Morgan fingerprint density at radius 1 is 1.21 bits per heavy atom. The fraction of sp³-hybridized carbons (Fsp3) is 0.0909. The second kappa shape index (κ2) is 3.46. The van der Waals surface area contributed by atoms with Crippen molar-refractivity contribution in [1.82, 2.24) is 10.2 Å². The van der Waals surface area contributed by atoms with Crippen LogP contribution in [-0.4, -0.2) is 10.2 Å². The van der Waals surface area contributed by atoms with Crippen LogP contribution in [0.2, 0.25) is 0 Å². The molecule has 3 heteroatoms. The molecule has 1 aromatic heterocycles. The van der Waals surface area contributed by atoms with E-state index in [4.69, 9.17) is 0 Å². The van der Waals surface area contributed by atoms with E-state index >= 15 is 0 Å². The Morgan fingerprint density at radius 3 is 2.64 bits per heavy atom. The Kier molecular flexibility index (Phi) is 2.14. The fourth-order valence-electron chi connectivity index (χ4n) is 1.44. The zero-order valence-electron chi connectivity index (χ0n) is 7.99. The van der Waals surface area contributed by atoms with E-state index in [-0.39, 0.29) is 0 Å². The highest BCUT2D eigenvalue weighted by atomic mass is 15.2. The van der Waals surface area contributed by atoms with Crippen LogP contribution in [0.3, 0.4) is 0 Å². The van der Waals surface area contributed by atoms with Crippen LogP contribution in [0, 0.1) is 6.92 Å². The van der Waals surface area contributed by atoms with Crippen LogP contribution in [-0.2, 0) is 0 Å². The molecule has 0 radical (unpaired) electrons. The molecule has 1 N–H and O–H groups in total. The molecule has 0 amide bonds. The highest BCUT2D eigenvalue weighted by Crippen LogP contribution is 2.21. The van der Waals surface area contributed by atoms with Gasteiger partial charge >= 0.3 is 0 Å². The van der Waals surface area contributed by atoms with Crippen LogP contribution >= 0.6 is 0 Å². The first kappa shape index (κ1) is 8.69. The van der Waals surface area contributed by atoms with Crippen LogP contribution in [0.4, 0.5) is 5.82 Å². The molecule has 2 aromatic rings. The second-order valence-corrected chi connectivity index (χ2v) is 3.03. The number of nitrogens with zero attached hydrogens (tertiary/aromatic N) is 2. The summed E-state index contributed by atoms with van der Waals surface area (Å²) >= 11 is 0. The van der Waals surface area contributed by atoms with Crippen molar-refractivity contribution in [1.29, 1.82) is 0 Å². The Hall–Kier alpha value is -1.90. The number of aromatic nitrogens is 2. The van der Waals surface area contributed by atoms with Crippen LogP contribution in [0.25, 0.3) is 10.8 Å². The average molecular weight is 185 g/mol. The first-order chi connectivity index (χ1) is 6.83. The molecule has 0 aliphatic carbocycles. The molecule has 0 bridgehead atoms. The van der Waals surface area contributed by atoms with Gasteiger partial charge in [0.15, 0.2) is 5.82 Å². The molecule has 3 nitrogen and oxygen atoms in total. The van der Waals surface area contributed by atoms with Crippen LogP contribution in [0.1, 0.15) is 5.69 Å². The van der Waals surface area contributed by atoms with Crippen molar-refractivity contribution in [2.24, 2.45) is 0 Å². The summed E-state index contributed by atoms with van der Waals surface area (Å²) in [5.74, 6) is 0.751. The van der Waals surface area contributed by atoms with Crippen molar-refractivity contribution < 1.29 is 0 Å². The van der Waals surface area contributed by atoms with Gasteiger partial charge in [-0.05, 0) is 13.1 Å². The minimum absolute atomic E-state index is 0.751. The molecule has 1 aromatic carbocycles. The highest BCUT2D eigenvalue weighted by molar-refractivity contribution is 5.93. The summed E-state index contributed by atoms with van der Waals surface area (Å²) in [7, 11) is 0. The Labute approximate surface area is 82.5 Å². The molecular weight excluding hydrogens is 174 g/mol. The molecule has 0 spiro atoms. The Bertz CT molecular complexity index is 477. The molecule has 1 heterocycles. The van der Waals surface area contributed by atoms with Crippen molar-refractivity contribution in [3.05, 3.63) is 42.7 Å². The number of rotatable bonds is 2. The predicted octanol–water partition coefficient (Wildman–Crippen LogP) is 2.49. The summed E-state index contributed by atoms with van der Waals surface area (Å²) in [5, 5.41) is 13.3. The molecule has 0 saturated carbocycles. The van der Waals surface area contributed by atoms with Gasteiger partial charge in [0, 0.05) is 10.8 Å². The normalized spacial score (nSPS) is 10.1. The van der Waals surface area contributed by atoms with Crippen molar-refractivity contribution in [2.75, 3.05) is 5.32 Å². The first-order valence-corrected chi connectivity index (χ1v) is 4.42. The molecule has 0 unspecified atom stereocenters. The zero-order valence-corrected chi connectivity index (χ0v) is 7.99. The van der Waals surface area contributed by atoms with Gasteiger partial charge in [-0.1, -0.05) is 30.8 Å². The van der Waals surface area contributed by atoms with Gasteiger partial charge in [-0.15, -0.1) is 5.10 Å². The number of aryl methyl sites for hydroxylation is 1. The molecule has 14 heavy (non-hydrogen) atoms. The fourth-order valence-corrected chi connectivity index (χ4v) is 1.44. The molecule has 0 aliphatic rings. The van der Waals surface area contributed by atoms with Gasteiger partial charge in [0.25, 0.3) is 0 Å². The van der Waals surface area contributed by atoms with Crippen molar-refractivity contribution >= 4 is 16.6 Å². The number of hydrogen-bond donors (Lipinski definition) is 1. The predicted molar refractivity (Wildman–Crippen MR) is 58.1 cm³/mol. The molecule has 2 rings (SSSR count).